The number of rotatable bonds is 3. The van der Waals surface area contributed by atoms with Gasteiger partial charge in [0.25, 0.3) is 11.8 Å². The Labute approximate surface area is 165 Å². The van der Waals surface area contributed by atoms with E-state index in [-0.39, 0.29) is 21.3 Å². The fourth-order valence-electron chi connectivity index (χ4n) is 2.46. The van der Waals surface area contributed by atoms with E-state index in [0.29, 0.717) is 5.82 Å². The van der Waals surface area contributed by atoms with Crippen molar-refractivity contribution in [3.63, 3.8) is 0 Å². The fourth-order valence-corrected chi connectivity index (χ4v) is 2.87. The number of nitrogens with zero attached hydrogens (tertiary/aromatic N) is 3. The molecule has 27 heavy (non-hydrogen) atoms. The Morgan fingerprint density at radius 1 is 0.963 bits per heavy atom. The Kier molecular flexibility index (Phi) is 5.43. The highest BCUT2D eigenvalue weighted by Gasteiger charge is 2.17. The second-order valence-electron chi connectivity index (χ2n) is 5.73. The van der Waals surface area contributed by atoms with Gasteiger partial charge in [-0.3, -0.25) is 20.4 Å². The molecule has 3 aromatic rings. The number of amides is 2. The lowest BCUT2D eigenvalue weighted by Crippen LogP contribution is -2.42. The van der Waals surface area contributed by atoms with Crippen LogP contribution in [-0.4, -0.2) is 26.6 Å². The van der Waals surface area contributed by atoms with Crippen molar-refractivity contribution in [1.29, 1.82) is 0 Å². The highest BCUT2D eigenvalue weighted by atomic mass is 35.5. The summed E-state index contributed by atoms with van der Waals surface area (Å²) in [6.07, 6.45) is 0. The minimum atomic E-state index is -0.663. The zero-order chi connectivity index (χ0) is 19.6. The van der Waals surface area contributed by atoms with Crippen molar-refractivity contribution in [3.05, 3.63) is 75.2 Å². The van der Waals surface area contributed by atoms with Gasteiger partial charge in [0, 0.05) is 5.69 Å². The van der Waals surface area contributed by atoms with Crippen molar-refractivity contribution in [2.45, 2.75) is 13.8 Å². The number of hydrogen-bond donors (Lipinski definition) is 2. The molecule has 0 saturated heterocycles. The lowest BCUT2D eigenvalue weighted by atomic mass is 10.2. The Morgan fingerprint density at radius 3 is 2.33 bits per heavy atom. The number of carbonyl (C=O) groups excluding carboxylic acids is 2. The molecule has 0 fully saturated rings. The second-order valence-corrected chi connectivity index (χ2v) is 6.54. The van der Waals surface area contributed by atoms with Crippen molar-refractivity contribution in [1.82, 2.24) is 25.6 Å². The first kappa shape index (κ1) is 18.9. The van der Waals surface area contributed by atoms with Crippen molar-refractivity contribution in [3.8, 4) is 5.82 Å². The highest BCUT2D eigenvalue weighted by Crippen LogP contribution is 2.18. The molecule has 0 saturated carbocycles. The van der Waals surface area contributed by atoms with Crippen molar-refractivity contribution < 1.29 is 9.59 Å². The Balaban J connectivity index is 1.79. The molecule has 138 valence electrons. The molecule has 0 bridgehead atoms. The van der Waals surface area contributed by atoms with Crippen LogP contribution < -0.4 is 10.9 Å². The smallest absolute Gasteiger partial charge is 0.267 e. The average molecular weight is 404 g/mol. The molecule has 2 amide bonds. The highest BCUT2D eigenvalue weighted by molar-refractivity contribution is 6.34. The summed E-state index contributed by atoms with van der Waals surface area (Å²) in [6, 6.07) is 11.6. The molecular weight excluding hydrogens is 389 g/mol. The third kappa shape index (κ3) is 4.10. The summed E-state index contributed by atoms with van der Waals surface area (Å²) in [6.45, 7) is 3.73. The molecule has 3 rings (SSSR count). The predicted molar refractivity (Wildman–Crippen MR) is 102 cm³/mol. The molecule has 0 spiro atoms. The minimum absolute atomic E-state index is 0.0406. The summed E-state index contributed by atoms with van der Waals surface area (Å²) in [5.74, 6) is -0.781. The van der Waals surface area contributed by atoms with Crippen molar-refractivity contribution >= 4 is 35.0 Å². The van der Waals surface area contributed by atoms with E-state index in [2.05, 4.69) is 20.9 Å². The Bertz CT molecular complexity index is 1030. The van der Waals surface area contributed by atoms with E-state index in [9.17, 15) is 9.59 Å². The van der Waals surface area contributed by atoms with Gasteiger partial charge in [-0.15, -0.1) is 0 Å². The van der Waals surface area contributed by atoms with Crippen LogP contribution in [0.1, 0.15) is 32.2 Å². The van der Waals surface area contributed by atoms with Crippen molar-refractivity contribution in [2.24, 2.45) is 0 Å². The van der Waals surface area contributed by atoms with Gasteiger partial charge in [0.2, 0.25) is 0 Å². The quantitative estimate of drug-likeness (QED) is 0.656. The Morgan fingerprint density at radius 2 is 1.67 bits per heavy atom. The van der Waals surface area contributed by atoms with E-state index in [1.807, 2.05) is 19.9 Å². The van der Waals surface area contributed by atoms with Gasteiger partial charge in [0.15, 0.2) is 11.5 Å². The average Bonchev–Trinajstić information content (AvgIpc) is 2.98. The van der Waals surface area contributed by atoms with Gasteiger partial charge < -0.3 is 0 Å². The second kappa shape index (κ2) is 7.77. The van der Waals surface area contributed by atoms with Crippen LogP contribution in [0, 0.1) is 13.8 Å². The number of pyridine rings is 1. The summed E-state index contributed by atoms with van der Waals surface area (Å²) in [5.41, 5.74) is 6.46. The lowest BCUT2D eigenvalue weighted by molar-refractivity contribution is 0.0844. The SMILES string of the molecule is Cc1cc(C)n(-c2ccc(Cl)c(C(=O)NNC(=O)c3ccccc3Cl)n2)n1. The normalized spacial score (nSPS) is 10.5. The third-order valence-corrected chi connectivity index (χ3v) is 4.32. The van der Waals surface area contributed by atoms with Gasteiger partial charge in [-0.05, 0) is 44.2 Å². The molecule has 9 heteroatoms. The van der Waals surface area contributed by atoms with E-state index < -0.39 is 11.8 Å². The summed E-state index contributed by atoms with van der Waals surface area (Å²) in [4.78, 5) is 28.8. The molecule has 1 aromatic carbocycles. The molecule has 0 radical (unpaired) electrons. The maximum absolute atomic E-state index is 12.4. The molecule has 0 aliphatic carbocycles. The van der Waals surface area contributed by atoms with E-state index >= 15 is 0 Å². The zero-order valence-electron chi connectivity index (χ0n) is 14.5. The molecule has 0 unspecified atom stereocenters. The number of nitrogens with one attached hydrogen (secondary N) is 2. The van der Waals surface area contributed by atoms with Crippen LogP contribution in [0.4, 0.5) is 0 Å². The topological polar surface area (TPSA) is 88.9 Å². The monoisotopic (exact) mass is 403 g/mol. The molecule has 0 aliphatic rings. The molecular formula is C18H15Cl2N5O2. The maximum Gasteiger partial charge on any atom is 0.289 e. The van der Waals surface area contributed by atoms with Gasteiger partial charge >= 0.3 is 0 Å². The zero-order valence-corrected chi connectivity index (χ0v) is 16.0. The minimum Gasteiger partial charge on any atom is -0.267 e. The Hall–Kier alpha value is -2.90. The molecule has 2 aromatic heterocycles. The summed E-state index contributed by atoms with van der Waals surface area (Å²) < 4.78 is 1.60. The summed E-state index contributed by atoms with van der Waals surface area (Å²) in [7, 11) is 0. The summed E-state index contributed by atoms with van der Waals surface area (Å²) in [5, 5.41) is 4.74. The molecule has 2 heterocycles. The standard InChI is InChI=1S/C18H15Cl2N5O2/c1-10-9-11(2)25(24-10)15-8-7-14(20)16(21-15)18(27)23-22-17(26)12-5-3-4-6-13(12)19/h3-9H,1-2H3,(H,22,26)(H,23,27). The van der Waals surface area contributed by atoms with Crippen LogP contribution in [-0.2, 0) is 0 Å². The first-order valence-electron chi connectivity index (χ1n) is 7.92. The van der Waals surface area contributed by atoms with Crippen LogP contribution in [0.15, 0.2) is 42.5 Å². The van der Waals surface area contributed by atoms with Crippen LogP contribution in [0.3, 0.4) is 0 Å². The number of hydrogen-bond acceptors (Lipinski definition) is 4. The number of benzene rings is 1. The number of halogens is 2. The maximum atomic E-state index is 12.4. The van der Waals surface area contributed by atoms with Crippen LogP contribution in [0.2, 0.25) is 10.0 Å². The van der Waals surface area contributed by atoms with Gasteiger partial charge in [-0.1, -0.05) is 35.3 Å². The van der Waals surface area contributed by atoms with Gasteiger partial charge in [0.05, 0.1) is 21.3 Å². The van der Waals surface area contributed by atoms with Gasteiger partial charge in [-0.2, -0.15) is 5.10 Å². The van der Waals surface area contributed by atoms with Crippen molar-refractivity contribution in [2.75, 3.05) is 0 Å². The summed E-state index contributed by atoms with van der Waals surface area (Å²) >= 11 is 12.1. The molecule has 0 aliphatic heterocycles. The van der Waals surface area contributed by atoms with Crippen LogP contribution in [0.25, 0.3) is 5.82 Å². The van der Waals surface area contributed by atoms with E-state index in [4.69, 9.17) is 23.2 Å². The van der Waals surface area contributed by atoms with Gasteiger partial charge in [-0.25, -0.2) is 9.67 Å². The number of aromatic nitrogens is 3. The molecule has 7 nitrogen and oxygen atoms in total. The molecule has 0 atom stereocenters. The van der Waals surface area contributed by atoms with E-state index in [0.717, 1.165) is 11.4 Å². The number of aryl methyl sites for hydroxylation is 2. The number of hydrazine groups is 1. The van der Waals surface area contributed by atoms with E-state index in [1.165, 1.54) is 0 Å². The number of carbonyl (C=O) groups is 2. The first-order valence-corrected chi connectivity index (χ1v) is 8.68. The van der Waals surface area contributed by atoms with E-state index in [1.54, 1.807) is 41.1 Å². The third-order valence-electron chi connectivity index (χ3n) is 3.68. The fraction of sp³-hybridized carbons (Fsp3) is 0.111. The lowest BCUT2D eigenvalue weighted by Gasteiger charge is -2.10. The van der Waals surface area contributed by atoms with Gasteiger partial charge in [0.1, 0.15) is 0 Å². The predicted octanol–water partition coefficient (Wildman–Crippen LogP) is 3.27. The van der Waals surface area contributed by atoms with Crippen LogP contribution in [0.5, 0.6) is 0 Å². The largest absolute Gasteiger partial charge is 0.289 e. The molecule has 2 N–H and O–H groups in total. The first-order chi connectivity index (χ1) is 12.9. The van der Waals surface area contributed by atoms with Crippen LogP contribution >= 0.6 is 23.2 Å².